The highest BCUT2D eigenvalue weighted by atomic mass is 35.5. The Balaban J connectivity index is 1.58. The standard InChI is InChI=1S/C25H24ClN3O3/c1-12-7-9-16-21(14(12)3)27-24(32)25(16)20-19(17-5-4-10-28(17)25)22(30)29(23(20)31)18-11-15(26)8-6-13(18)2/h6-9,11,17,19-20H,4-5,10H2,1-3H3,(H,27,32). The van der Waals surface area contributed by atoms with Gasteiger partial charge in [0, 0.05) is 22.3 Å². The predicted molar refractivity (Wildman–Crippen MR) is 122 cm³/mol. The van der Waals surface area contributed by atoms with Crippen molar-refractivity contribution in [3.63, 3.8) is 0 Å². The minimum absolute atomic E-state index is 0.126. The molecule has 4 aliphatic heterocycles. The fraction of sp³-hybridized carbons (Fsp3) is 0.400. The molecule has 1 spiro atoms. The van der Waals surface area contributed by atoms with E-state index >= 15 is 0 Å². The molecule has 0 radical (unpaired) electrons. The van der Waals surface area contributed by atoms with Gasteiger partial charge in [-0.05, 0) is 69.0 Å². The quantitative estimate of drug-likeness (QED) is 0.674. The van der Waals surface area contributed by atoms with E-state index in [9.17, 15) is 14.4 Å². The number of aryl methyl sites for hydroxylation is 2. The number of rotatable bonds is 1. The number of amides is 3. The summed E-state index contributed by atoms with van der Waals surface area (Å²) in [6.45, 7) is 6.57. The number of carbonyl (C=O) groups excluding carboxylic acids is 3. The molecule has 2 aromatic rings. The van der Waals surface area contributed by atoms with E-state index in [0.717, 1.165) is 40.8 Å². The van der Waals surface area contributed by atoms with Gasteiger partial charge < -0.3 is 5.32 Å². The summed E-state index contributed by atoms with van der Waals surface area (Å²) in [6.07, 6.45) is 1.71. The molecule has 3 fully saturated rings. The first kappa shape index (κ1) is 19.9. The minimum atomic E-state index is -1.15. The van der Waals surface area contributed by atoms with Crippen LogP contribution < -0.4 is 10.2 Å². The topological polar surface area (TPSA) is 69.7 Å². The molecule has 4 heterocycles. The van der Waals surface area contributed by atoms with Gasteiger partial charge >= 0.3 is 0 Å². The second kappa shape index (κ2) is 6.42. The van der Waals surface area contributed by atoms with Gasteiger partial charge in [0.15, 0.2) is 0 Å². The minimum Gasteiger partial charge on any atom is -0.324 e. The number of fused-ring (bicyclic) bond motifs is 7. The van der Waals surface area contributed by atoms with Crippen molar-refractivity contribution >= 4 is 40.7 Å². The summed E-state index contributed by atoms with van der Waals surface area (Å²) in [5, 5.41) is 3.56. The molecule has 0 aliphatic carbocycles. The molecule has 4 atom stereocenters. The zero-order valence-electron chi connectivity index (χ0n) is 18.2. The Hall–Kier alpha value is -2.70. The number of nitrogens with one attached hydrogen (secondary N) is 1. The van der Waals surface area contributed by atoms with Gasteiger partial charge in [0.05, 0.1) is 17.5 Å². The summed E-state index contributed by atoms with van der Waals surface area (Å²) in [7, 11) is 0. The molecule has 164 valence electrons. The molecular formula is C25H24ClN3O3. The Kier molecular flexibility index (Phi) is 4.00. The lowest BCUT2D eigenvalue weighted by Crippen LogP contribution is -2.54. The molecule has 3 saturated heterocycles. The van der Waals surface area contributed by atoms with E-state index in [0.29, 0.717) is 17.3 Å². The lowest BCUT2D eigenvalue weighted by atomic mass is 9.75. The van der Waals surface area contributed by atoms with Gasteiger partial charge in [0.25, 0.3) is 0 Å². The Morgan fingerprint density at radius 3 is 2.56 bits per heavy atom. The smallest absolute Gasteiger partial charge is 0.250 e. The highest BCUT2D eigenvalue weighted by Crippen LogP contribution is 2.61. The first-order valence-corrected chi connectivity index (χ1v) is 11.5. The van der Waals surface area contributed by atoms with Crippen LogP contribution in [-0.2, 0) is 19.9 Å². The number of hydrogen-bond acceptors (Lipinski definition) is 4. The van der Waals surface area contributed by atoms with Crippen LogP contribution in [0.4, 0.5) is 11.4 Å². The highest BCUT2D eigenvalue weighted by Gasteiger charge is 2.74. The van der Waals surface area contributed by atoms with Crippen molar-refractivity contribution in [1.29, 1.82) is 0 Å². The molecule has 7 heteroatoms. The van der Waals surface area contributed by atoms with Crippen LogP contribution in [-0.4, -0.2) is 35.2 Å². The van der Waals surface area contributed by atoms with Crippen LogP contribution in [0.15, 0.2) is 30.3 Å². The molecule has 6 nitrogen and oxygen atoms in total. The summed E-state index contributed by atoms with van der Waals surface area (Å²) in [4.78, 5) is 45.0. The van der Waals surface area contributed by atoms with Crippen LogP contribution in [0.5, 0.6) is 0 Å². The fourth-order valence-corrected chi connectivity index (χ4v) is 6.75. The summed E-state index contributed by atoms with van der Waals surface area (Å²) in [5.41, 5.74) is 3.88. The second-order valence-corrected chi connectivity index (χ2v) is 9.94. The lowest BCUT2D eigenvalue weighted by Gasteiger charge is -2.36. The maximum Gasteiger partial charge on any atom is 0.250 e. The Morgan fingerprint density at radius 1 is 1.03 bits per heavy atom. The van der Waals surface area contributed by atoms with E-state index in [2.05, 4.69) is 10.2 Å². The van der Waals surface area contributed by atoms with Crippen LogP contribution in [0.25, 0.3) is 0 Å². The van der Waals surface area contributed by atoms with Crippen molar-refractivity contribution in [2.75, 3.05) is 16.8 Å². The third kappa shape index (κ3) is 2.17. The van der Waals surface area contributed by atoms with Gasteiger partial charge in [-0.1, -0.05) is 29.8 Å². The van der Waals surface area contributed by atoms with Gasteiger partial charge in [-0.15, -0.1) is 0 Å². The van der Waals surface area contributed by atoms with E-state index in [1.54, 1.807) is 12.1 Å². The molecule has 1 N–H and O–H groups in total. The summed E-state index contributed by atoms with van der Waals surface area (Å²) in [6, 6.07) is 9.08. The molecule has 4 aliphatic rings. The van der Waals surface area contributed by atoms with E-state index < -0.39 is 17.4 Å². The van der Waals surface area contributed by atoms with E-state index in [1.807, 2.05) is 39.0 Å². The van der Waals surface area contributed by atoms with Crippen molar-refractivity contribution in [2.45, 2.75) is 45.2 Å². The number of carbonyl (C=O) groups is 3. The van der Waals surface area contributed by atoms with E-state index in [-0.39, 0.29) is 23.8 Å². The first-order valence-electron chi connectivity index (χ1n) is 11.1. The number of benzene rings is 2. The molecule has 2 aromatic carbocycles. The Labute approximate surface area is 191 Å². The fourth-order valence-electron chi connectivity index (χ4n) is 6.58. The zero-order valence-corrected chi connectivity index (χ0v) is 19.0. The number of halogens is 1. The van der Waals surface area contributed by atoms with Crippen LogP contribution in [0.3, 0.4) is 0 Å². The summed E-state index contributed by atoms with van der Waals surface area (Å²) >= 11 is 6.22. The molecule has 0 bridgehead atoms. The van der Waals surface area contributed by atoms with Gasteiger partial charge in [-0.2, -0.15) is 0 Å². The third-order valence-corrected chi connectivity index (χ3v) is 8.35. The van der Waals surface area contributed by atoms with Crippen molar-refractivity contribution in [1.82, 2.24) is 4.90 Å². The maximum absolute atomic E-state index is 14.0. The van der Waals surface area contributed by atoms with Gasteiger partial charge in [-0.25, -0.2) is 4.90 Å². The zero-order chi connectivity index (χ0) is 22.5. The molecule has 4 unspecified atom stereocenters. The first-order chi connectivity index (χ1) is 15.3. The second-order valence-electron chi connectivity index (χ2n) is 9.50. The Bertz CT molecular complexity index is 1240. The summed E-state index contributed by atoms with van der Waals surface area (Å²) < 4.78 is 0. The average Bonchev–Trinajstić information content (AvgIpc) is 3.46. The molecule has 3 amide bonds. The number of anilines is 2. The van der Waals surface area contributed by atoms with Crippen LogP contribution in [0, 0.1) is 32.6 Å². The number of hydrogen-bond donors (Lipinski definition) is 1. The monoisotopic (exact) mass is 449 g/mol. The Morgan fingerprint density at radius 2 is 1.78 bits per heavy atom. The van der Waals surface area contributed by atoms with Crippen molar-refractivity contribution in [3.05, 3.63) is 57.6 Å². The largest absolute Gasteiger partial charge is 0.324 e. The van der Waals surface area contributed by atoms with Gasteiger partial charge in [-0.3, -0.25) is 19.3 Å². The van der Waals surface area contributed by atoms with Crippen LogP contribution in [0.1, 0.15) is 35.1 Å². The van der Waals surface area contributed by atoms with Crippen LogP contribution in [0.2, 0.25) is 5.02 Å². The molecular weight excluding hydrogens is 426 g/mol. The average molecular weight is 450 g/mol. The van der Waals surface area contributed by atoms with E-state index in [1.165, 1.54) is 4.90 Å². The molecule has 32 heavy (non-hydrogen) atoms. The SMILES string of the molecule is Cc1ccc(Cl)cc1N1C(=O)C2C3CCCN3C3(C(=O)Nc4c3ccc(C)c4C)C2C1=O. The molecule has 0 aromatic heterocycles. The number of nitrogens with zero attached hydrogens (tertiary/aromatic N) is 2. The molecule has 6 rings (SSSR count). The maximum atomic E-state index is 14.0. The third-order valence-electron chi connectivity index (χ3n) is 8.11. The van der Waals surface area contributed by atoms with Crippen molar-refractivity contribution in [2.24, 2.45) is 11.8 Å². The van der Waals surface area contributed by atoms with Crippen molar-refractivity contribution in [3.8, 4) is 0 Å². The molecule has 0 saturated carbocycles. The van der Waals surface area contributed by atoms with E-state index in [4.69, 9.17) is 11.6 Å². The normalized spacial score (nSPS) is 30.8. The lowest BCUT2D eigenvalue weighted by molar-refractivity contribution is -0.135. The summed E-state index contributed by atoms with van der Waals surface area (Å²) in [5.74, 6) is -2.00. The van der Waals surface area contributed by atoms with Crippen molar-refractivity contribution < 1.29 is 14.4 Å². The van der Waals surface area contributed by atoms with Crippen LogP contribution >= 0.6 is 11.6 Å². The van der Waals surface area contributed by atoms with Gasteiger partial charge in [0.2, 0.25) is 17.7 Å². The highest BCUT2D eigenvalue weighted by molar-refractivity contribution is 6.32. The number of imide groups is 1. The van der Waals surface area contributed by atoms with Gasteiger partial charge in [0.1, 0.15) is 5.54 Å². The predicted octanol–water partition coefficient (Wildman–Crippen LogP) is 3.70.